The molecule has 2 heteroatoms. The average Bonchev–Trinajstić information content (AvgIpc) is 2.14. The van der Waals surface area contributed by atoms with Gasteiger partial charge in [-0.1, -0.05) is 0 Å². The van der Waals surface area contributed by atoms with Crippen molar-refractivity contribution in [3.63, 3.8) is 0 Å². The Morgan fingerprint density at radius 2 is 1.24 bits per heavy atom. The number of rotatable bonds is 3. The van der Waals surface area contributed by atoms with Gasteiger partial charge in [0.05, 0.1) is 0 Å². The van der Waals surface area contributed by atoms with Crippen LogP contribution in [0.25, 0.3) is 0 Å². The quantitative estimate of drug-likeness (QED) is 0.733. The van der Waals surface area contributed by atoms with Gasteiger partial charge in [-0.05, 0) is 0 Å². The van der Waals surface area contributed by atoms with Crippen molar-refractivity contribution in [1.29, 1.82) is 0 Å². The molecular weight excluding hydrogens is 327 g/mol. The van der Waals surface area contributed by atoms with E-state index in [0.29, 0.717) is 11.8 Å². The molecule has 3 radical (unpaired) electrons. The molecule has 0 heterocycles. The molecule has 0 unspecified atom stereocenters. The Kier molecular flexibility index (Phi) is 4.93. The summed E-state index contributed by atoms with van der Waals surface area (Å²) >= 11 is 1.57. The first-order valence-electron chi connectivity index (χ1n) is 6.54. The summed E-state index contributed by atoms with van der Waals surface area (Å²) in [6, 6.07) is 4.99. The second kappa shape index (κ2) is 5.48. The van der Waals surface area contributed by atoms with Crippen LogP contribution < -0.4 is 8.77 Å². The van der Waals surface area contributed by atoms with E-state index >= 15 is 0 Å². The third-order valence-electron chi connectivity index (χ3n) is 3.31. The van der Waals surface area contributed by atoms with Crippen LogP contribution >= 0.6 is 0 Å². The summed E-state index contributed by atoms with van der Waals surface area (Å²) < 4.78 is 1.60. The van der Waals surface area contributed by atoms with Crippen molar-refractivity contribution in [2.24, 2.45) is 0 Å². The predicted octanol–water partition coefficient (Wildman–Crippen LogP) is 3.27. The summed E-state index contributed by atoms with van der Waals surface area (Å²) in [7, 11) is -1.20. The maximum atomic E-state index is 2.49. The van der Waals surface area contributed by atoms with Gasteiger partial charge >= 0.3 is 122 Å². The molecule has 0 aliphatic heterocycles. The fourth-order valence-corrected chi connectivity index (χ4v) is 5.27. The molecule has 17 heavy (non-hydrogen) atoms. The van der Waals surface area contributed by atoms with Crippen LogP contribution in [0.3, 0.4) is 0 Å². The average molecular weight is 352 g/mol. The summed E-state index contributed by atoms with van der Waals surface area (Å²) in [6.07, 6.45) is 0. The Morgan fingerprint density at radius 1 is 0.882 bits per heavy atom. The van der Waals surface area contributed by atoms with Crippen molar-refractivity contribution < 1.29 is 0 Å². The minimum absolute atomic E-state index is 0.651. The summed E-state index contributed by atoms with van der Waals surface area (Å²) in [5, 5.41) is 1.62. The van der Waals surface area contributed by atoms with Gasteiger partial charge in [-0.3, -0.25) is 0 Å². The zero-order chi connectivity index (χ0) is 13.4. The maximum absolute atomic E-state index is 2.49. The van der Waals surface area contributed by atoms with E-state index in [1.165, 1.54) is 0 Å². The molecule has 0 spiro atoms. The summed E-state index contributed by atoms with van der Waals surface area (Å²) in [4.78, 5) is 0. The van der Waals surface area contributed by atoms with Gasteiger partial charge in [0.15, 0.2) is 0 Å². The first-order valence-corrected chi connectivity index (χ1v) is 11.5. The van der Waals surface area contributed by atoms with E-state index in [1.807, 2.05) is 0 Å². The van der Waals surface area contributed by atoms with Gasteiger partial charge in [0.25, 0.3) is 0 Å². The van der Waals surface area contributed by atoms with Crippen LogP contribution in [0.5, 0.6) is 0 Å². The summed E-state index contributed by atoms with van der Waals surface area (Å²) in [5.41, 5.74) is 3.18. The van der Waals surface area contributed by atoms with Crippen LogP contribution in [0.2, 0.25) is 19.6 Å². The van der Waals surface area contributed by atoms with Gasteiger partial charge in [-0.15, -0.1) is 0 Å². The van der Waals surface area contributed by atoms with Crippen molar-refractivity contribution in [2.45, 2.75) is 59.2 Å². The van der Waals surface area contributed by atoms with Crippen LogP contribution in [0.4, 0.5) is 0 Å². The first-order chi connectivity index (χ1) is 7.64. The van der Waals surface area contributed by atoms with E-state index in [9.17, 15) is 0 Å². The molecule has 0 aliphatic rings. The van der Waals surface area contributed by atoms with Gasteiger partial charge < -0.3 is 0 Å². The molecule has 0 fully saturated rings. The molecule has 1 rings (SSSR count). The number of hydrogen-bond donors (Lipinski definition) is 0. The second-order valence-corrected chi connectivity index (χ2v) is 13.1. The number of hydrogen-bond acceptors (Lipinski definition) is 0. The molecule has 0 aliphatic carbocycles. The standard InChI is InChI=1S/C15H25Si.Sn/c1-11(2)13-8-14(12(3)4)10-15(9-13)16(5,6)7;/h9-12H,1-7H3;. The van der Waals surface area contributed by atoms with E-state index in [2.05, 4.69) is 59.5 Å². The Morgan fingerprint density at radius 3 is 1.47 bits per heavy atom. The van der Waals surface area contributed by atoms with Crippen LogP contribution in [0.15, 0.2) is 12.1 Å². The molecule has 0 amide bonds. The Bertz CT molecular complexity index is 371. The molecule has 93 valence electrons. The molecule has 0 saturated heterocycles. The fraction of sp³-hybridized carbons (Fsp3) is 0.600. The van der Waals surface area contributed by atoms with E-state index in [1.54, 1.807) is 42.4 Å². The molecule has 1 aromatic rings. The van der Waals surface area contributed by atoms with Gasteiger partial charge in [0, 0.05) is 0 Å². The Balaban J connectivity index is 3.48. The van der Waals surface area contributed by atoms with Crippen molar-refractivity contribution in [2.75, 3.05) is 0 Å². The molecule has 0 bridgehead atoms. The molecule has 0 saturated carbocycles. The van der Waals surface area contributed by atoms with Crippen molar-refractivity contribution in [1.82, 2.24) is 0 Å². The molecule has 1 aromatic carbocycles. The molecule has 0 nitrogen and oxygen atoms in total. The number of benzene rings is 1. The Hall–Kier alpha value is 0.236. The van der Waals surface area contributed by atoms with Crippen molar-refractivity contribution in [3.8, 4) is 0 Å². The van der Waals surface area contributed by atoms with Gasteiger partial charge in [-0.2, -0.15) is 0 Å². The molecule has 0 aromatic heterocycles. The van der Waals surface area contributed by atoms with E-state index in [4.69, 9.17) is 0 Å². The van der Waals surface area contributed by atoms with Gasteiger partial charge in [-0.25, -0.2) is 0 Å². The van der Waals surface area contributed by atoms with Crippen molar-refractivity contribution >= 4 is 39.4 Å². The van der Waals surface area contributed by atoms with Crippen LogP contribution in [-0.4, -0.2) is 30.6 Å². The minimum atomic E-state index is -1.20. The third-order valence-corrected chi connectivity index (χ3v) is 6.98. The van der Waals surface area contributed by atoms with Crippen molar-refractivity contribution in [3.05, 3.63) is 23.3 Å². The topological polar surface area (TPSA) is 0 Å². The molecule has 0 N–H and O–H groups in total. The van der Waals surface area contributed by atoms with E-state index < -0.39 is 8.07 Å². The predicted molar refractivity (Wildman–Crippen MR) is 83.0 cm³/mol. The molecular formula is C15H25SiSn. The normalized spacial score (nSPS) is 12.6. The third kappa shape index (κ3) is 3.60. The van der Waals surface area contributed by atoms with Gasteiger partial charge in [0.2, 0.25) is 0 Å². The first kappa shape index (κ1) is 15.3. The summed E-state index contributed by atoms with van der Waals surface area (Å²) in [5.74, 6) is 1.30. The van der Waals surface area contributed by atoms with Crippen LogP contribution in [0, 0.1) is 0 Å². The zero-order valence-electron chi connectivity index (χ0n) is 12.3. The summed E-state index contributed by atoms with van der Waals surface area (Å²) in [6.45, 7) is 16.6. The fourth-order valence-electron chi connectivity index (χ4n) is 2.03. The molecule has 0 atom stereocenters. The zero-order valence-corrected chi connectivity index (χ0v) is 16.2. The second-order valence-electron chi connectivity index (χ2n) is 6.59. The van der Waals surface area contributed by atoms with E-state index in [0.717, 1.165) is 0 Å². The SMILES string of the molecule is CC(C)c1cc([Si](C)(C)C)cc(C(C)C)[c]1[Sn]. The van der Waals surface area contributed by atoms with E-state index in [-0.39, 0.29) is 0 Å². The van der Waals surface area contributed by atoms with Crippen LogP contribution in [-0.2, 0) is 0 Å². The monoisotopic (exact) mass is 353 g/mol. The van der Waals surface area contributed by atoms with Crippen LogP contribution in [0.1, 0.15) is 50.7 Å². The Labute approximate surface area is 121 Å². The van der Waals surface area contributed by atoms with Gasteiger partial charge in [0.1, 0.15) is 0 Å².